The van der Waals surface area contributed by atoms with Gasteiger partial charge >= 0.3 is 0 Å². The molecule has 0 spiro atoms. The van der Waals surface area contributed by atoms with Gasteiger partial charge in [-0.05, 0) is 73.2 Å². The van der Waals surface area contributed by atoms with Crippen LogP contribution in [0.3, 0.4) is 0 Å². The summed E-state index contributed by atoms with van der Waals surface area (Å²) in [5.41, 5.74) is 3.16. The molecule has 37 heavy (non-hydrogen) atoms. The van der Waals surface area contributed by atoms with Gasteiger partial charge in [0.1, 0.15) is 11.6 Å². The first-order chi connectivity index (χ1) is 18.1. The van der Waals surface area contributed by atoms with Crippen molar-refractivity contribution in [3.05, 3.63) is 96.2 Å². The fourth-order valence-corrected chi connectivity index (χ4v) is 4.92. The number of anilines is 2. The Hall–Kier alpha value is -4.06. The molecule has 3 aromatic carbocycles. The Morgan fingerprint density at radius 1 is 0.946 bits per heavy atom. The molecule has 1 fully saturated rings. The monoisotopic (exact) mass is 494 g/mol. The Labute approximate surface area is 218 Å². The van der Waals surface area contributed by atoms with Crippen molar-refractivity contribution in [1.29, 1.82) is 0 Å². The third-order valence-corrected chi connectivity index (χ3v) is 7.11. The lowest BCUT2D eigenvalue weighted by molar-refractivity contribution is 0.0938. The second kappa shape index (κ2) is 11.3. The van der Waals surface area contributed by atoms with Gasteiger partial charge in [0.15, 0.2) is 0 Å². The number of hydrogen-bond acceptors (Lipinski definition) is 5. The van der Waals surface area contributed by atoms with Gasteiger partial charge in [0.2, 0.25) is 0 Å². The van der Waals surface area contributed by atoms with Crippen LogP contribution in [0.25, 0.3) is 10.8 Å². The summed E-state index contributed by atoms with van der Waals surface area (Å²) >= 11 is 0. The Kier molecular flexibility index (Phi) is 7.54. The maximum atomic E-state index is 13.1. The summed E-state index contributed by atoms with van der Waals surface area (Å²) in [6.07, 6.45) is 3.70. The van der Waals surface area contributed by atoms with Crippen molar-refractivity contribution in [3.63, 3.8) is 0 Å². The van der Waals surface area contributed by atoms with E-state index in [1.165, 1.54) is 11.3 Å². The molecule has 6 heteroatoms. The highest BCUT2D eigenvalue weighted by molar-refractivity contribution is 6.01. The highest BCUT2D eigenvalue weighted by atomic mass is 16.5. The summed E-state index contributed by atoms with van der Waals surface area (Å²) in [6.45, 7) is 5.61. The molecule has 1 saturated heterocycles. The van der Waals surface area contributed by atoms with Crippen molar-refractivity contribution in [2.75, 3.05) is 43.1 Å². The van der Waals surface area contributed by atoms with Crippen LogP contribution in [0.5, 0.6) is 5.75 Å². The van der Waals surface area contributed by atoms with Crippen molar-refractivity contribution < 1.29 is 9.53 Å². The Morgan fingerprint density at radius 2 is 1.68 bits per heavy atom. The van der Waals surface area contributed by atoms with Crippen molar-refractivity contribution >= 4 is 28.2 Å². The second-order valence-corrected chi connectivity index (χ2v) is 9.64. The zero-order valence-electron chi connectivity index (χ0n) is 21.6. The zero-order valence-corrected chi connectivity index (χ0v) is 21.6. The van der Waals surface area contributed by atoms with E-state index in [9.17, 15) is 4.79 Å². The minimum absolute atomic E-state index is 0.0402. The molecular weight excluding hydrogens is 460 g/mol. The molecule has 0 radical (unpaired) electrons. The average molecular weight is 495 g/mol. The number of nitrogens with one attached hydrogen (secondary N) is 1. The van der Waals surface area contributed by atoms with Crippen LogP contribution >= 0.6 is 0 Å². The molecule has 6 nitrogen and oxygen atoms in total. The fourth-order valence-electron chi connectivity index (χ4n) is 4.92. The van der Waals surface area contributed by atoms with Crippen molar-refractivity contribution in [2.45, 2.75) is 25.8 Å². The van der Waals surface area contributed by atoms with Gasteiger partial charge < -0.3 is 19.9 Å². The molecule has 0 aliphatic carbocycles. The van der Waals surface area contributed by atoms with E-state index in [2.05, 4.69) is 58.4 Å². The van der Waals surface area contributed by atoms with Gasteiger partial charge in [-0.1, -0.05) is 36.4 Å². The van der Waals surface area contributed by atoms with Gasteiger partial charge in [0.25, 0.3) is 5.91 Å². The average Bonchev–Trinajstić information content (AvgIpc) is 2.96. The molecule has 1 N–H and O–H groups in total. The van der Waals surface area contributed by atoms with Crippen LogP contribution < -0.4 is 19.9 Å². The summed E-state index contributed by atoms with van der Waals surface area (Å²) in [6, 6.07) is 26.6. The van der Waals surface area contributed by atoms with E-state index >= 15 is 0 Å². The molecule has 0 saturated carbocycles. The summed E-state index contributed by atoms with van der Waals surface area (Å²) in [4.78, 5) is 22.5. The first-order valence-electron chi connectivity index (χ1n) is 13.0. The topological polar surface area (TPSA) is 57.7 Å². The number of fused-ring (bicyclic) bond motifs is 1. The number of pyridine rings is 1. The predicted octanol–water partition coefficient (Wildman–Crippen LogP) is 5.32. The number of ether oxygens (including phenoxy) is 1. The van der Waals surface area contributed by atoms with Gasteiger partial charge in [-0.3, -0.25) is 4.79 Å². The van der Waals surface area contributed by atoms with Crippen molar-refractivity contribution in [2.24, 2.45) is 0 Å². The molecule has 1 aromatic heterocycles. The largest absolute Gasteiger partial charge is 0.497 e. The van der Waals surface area contributed by atoms with Crippen LogP contribution in [-0.2, 0) is 6.42 Å². The molecule has 1 unspecified atom stereocenters. The Morgan fingerprint density at radius 3 is 2.41 bits per heavy atom. The number of rotatable bonds is 8. The smallest absolute Gasteiger partial charge is 0.251 e. The molecule has 5 rings (SSSR count). The minimum atomic E-state index is -0.0402. The maximum absolute atomic E-state index is 13.1. The Bertz CT molecular complexity index is 1330. The molecule has 4 aromatic rings. The number of hydrogen-bond donors (Lipinski definition) is 1. The molecule has 190 valence electrons. The molecule has 2 heterocycles. The van der Waals surface area contributed by atoms with E-state index in [1.807, 2.05) is 48.7 Å². The number of aryl methyl sites for hydroxylation is 1. The van der Waals surface area contributed by atoms with Crippen LogP contribution in [0, 0.1) is 0 Å². The normalized spacial score (nSPS) is 14.4. The van der Waals surface area contributed by atoms with Crippen molar-refractivity contribution in [3.8, 4) is 5.75 Å². The van der Waals surface area contributed by atoms with Gasteiger partial charge in [0, 0.05) is 55.1 Å². The molecule has 1 amide bonds. The van der Waals surface area contributed by atoms with Gasteiger partial charge in [-0.25, -0.2) is 4.98 Å². The molecular formula is C31H34N4O2. The van der Waals surface area contributed by atoms with E-state index in [4.69, 9.17) is 9.72 Å². The number of benzene rings is 3. The third kappa shape index (κ3) is 5.85. The summed E-state index contributed by atoms with van der Waals surface area (Å²) in [5, 5.41) is 5.29. The highest BCUT2D eigenvalue weighted by Crippen LogP contribution is 2.28. The third-order valence-electron chi connectivity index (χ3n) is 7.11. The van der Waals surface area contributed by atoms with Crippen LogP contribution in [0.1, 0.15) is 29.3 Å². The number of carbonyl (C=O) groups excluding carboxylic acids is 1. The fraction of sp³-hybridized carbons (Fsp3) is 0.290. The second-order valence-electron chi connectivity index (χ2n) is 9.64. The number of methoxy groups -OCH3 is 1. The number of piperazine rings is 1. The Balaban J connectivity index is 1.25. The molecule has 1 atom stereocenters. The van der Waals surface area contributed by atoms with E-state index in [-0.39, 0.29) is 11.9 Å². The van der Waals surface area contributed by atoms with Gasteiger partial charge in [-0.2, -0.15) is 0 Å². The standard InChI is InChI=1S/C31H34N4O2/c1-23(8-9-24-6-4-3-5-7-24)33-31(36)26-11-10-25-16-17-32-30(29(25)22-26)35-20-18-34(19-21-35)27-12-14-28(37-2)15-13-27/h3-7,10-17,22-23H,8-9,18-21H2,1-2H3,(H,33,36). The van der Waals surface area contributed by atoms with Crippen LogP contribution in [0.2, 0.25) is 0 Å². The van der Waals surface area contributed by atoms with Gasteiger partial charge in [0.05, 0.1) is 7.11 Å². The highest BCUT2D eigenvalue weighted by Gasteiger charge is 2.21. The summed E-state index contributed by atoms with van der Waals surface area (Å²) in [5.74, 6) is 1.77. The number of nitrogens with zero attached hydrogens (tertiary/aromatic N) is 3. The molecule has 1 aliphatic heterocycles. The number of carbonyl (C=O) groups is 1. The van der Waals surface area contributed by atoms with E-state index in [1.54, 1.807) is 7.11 Å². The summed E-state index contributed by atoms with van der Waals surface area (Å²) in [7, 11) is 1.69. The van der Waals surface area contributed by atoms with Crippen LogP contribution in [0.4, 0.5) is 11.5 Å². The van der Waals surface area contributed by atoms with E-state index in [0.29, 0.717) is 5.56 Å². The lowest BCUT2D eigenvalue weighted by Crippen LogP contribution is -2.46. The maximum Gasteiger partial charge on any atom is 0.251 e. The number of amides is 1. The zero-order chi connectivity index (χ0) is 25.6. The first kappa shape index (κ1) is 24.6. The van der Waals surface area contributed by atoms with E-state index < -0.39 is 0 Å². The predicted molar refractivity (Wildman–Crippen MR) is 151 cm³/mol. The molecule has 0 bridgehead atoms. The van der Waals surface area contributed by atoms with Crippen LogP contribution in [0.15, 0.2) is 85.1 Å². The molecule has 1 aliphatic rings. The minimum Gasteiger partial charge on any atom is -0.497 e. The van der Waals surface area contributed by atoms with Gasteiger partial charge in [-0.15, -0.1) is 0 Å². The SMILES string of the molecule is COc1ccc(N2CCN(c3nccc4ccc(C(=O)NC(C)CCc5ccccc5)cc34)CC2)cc1. The van der Waals surface area contributed by atoms with Crippen LogP contribution in [-0.4, -0.2) is 50.2 Å². The van der Waals surface area contributed by atoms with E-state index in [0.717, 1.165) is 61.4 Å². The first-order valence-corrected chi connectivity index (χ1v) is 13.0. The lowest BCUT2D eigenvalue weighted by Gasteiger charge is -2.37. The number of aromatic nitrogens is 1. The quantitative estimate of drug-likeness (QED) is 0.359. The summed E-state index contributed by atoms with van der Waals surface area (Å²) < 4.78 is 5.29. The van der Waals surface area contributed by atoms with Crippen molar-refractivity contribution in [1.82, 2.24) is 10.3 Å². The lowest BCUT2D eigenvalue weighted by atomic mass is 10.0.